The van der Waals surface area contributed by atoms with E-state index in [0.29, 0.717) is 18.8 Å². The molecule has 5 nitrogen and oxygen atoms in total. The van der Waals surface area contributed by atoms with Crippen molar-refractivity contribution in [3.8, 4) is 5.75 Å². The first-order valence-electron chi connectivity index (χ1n) is 6.36. The fourth-order valence-corrected chi connectivity index (χ4v) is 2.28. The Labute approximate surface area is 111 Å². The van der Waals surface area contributed by atoms with Crippen LogP contribution in [-0.2, 0) is 20.1 Å². The van der Waals surface area contributed by atoms with Crippen molar-refractivity contribution in [1.82, 2.24) is 14.8 Å². The van der Waals surface area contributed by atoms with Crippen molar-refractivity contribution in [2.45, 2.75) is 25.9 Å². The molecule has 5 heteroatoms. The molecule has 1 aromatic heterocycles. The number of fused-ring (bicyclic) bond motifs is 1. The van der Waals surface area contributed by atoms with E-state index in [9.17, 15) is 4.79 Å². The molecule has 0 spiro atoms. The molecule has 19 heavy (non-hydrogen) atoms. The van der Waals surface area contributed by atoms with E-state index in [-0.39, 0.29) is 5.78 Å². The van der Waals surface area contributed by atoms with Gasteiger partial charge in [-0.25, -0.2) is 0 Å². The highest BCUT2D eigenvalue weighted by atomic mass is 16.5. The molecule has 98 valence electrons. The summed E-state index contributed by atoms with van der Waals surface area (Å²) in [7, 11) is 1.87. The topological polar surface area (TPSA) is 57.0 Å². The van der Waals surface area contributed by atoms with E-state index in [1.54, 1.807) is 6.33 Å². The summed E-state index contributed by atoms with van der Waals surface area (Å²) in [6, 6.07) is 5.74. The summed E-state index contributed by atoms with van der Waals surface area (Å²) in [4.78, 5) is 11.8. The van der Waals surface area contributed by atoms with Crippen LogP contribution in [0.1, 0.15) is 34.6 Å². The number of nitrogens with zero attached hydrogens (tertiary/aromatic N) is 3. The van der Waals surface area contributed by atoms with Gasteiger partial charge in [-0.3, -0.25) is 4.79 Å². The van der Waals surface area contributed by atoms with Gasteiger partial charge in [-0.2, -0.15) is 0 Å². The minimum atomic E-state index is 0.213. The summed E-state index contributed by atoms with van der Waals surface area (Å²) in [6.07, 6.45) is 4.20. The molecule has 0 atom stereocenters. The van der Waals surface area contributed by atoms with E-state index in [2.05, 4.69) is 10.2 Å². The van der Waals surface area contributed by atoms with Gasteiger partial charge in [-0.15, -0.1) is 10.2 Å². The van der Waals surface area contributed by atoms with Crippen molar-refractivity contribution in [2.24, 2.45) is 7.05 Å². The van der Waals surface area contributed by atoms with Gasteiger partial charge in [0.05, 0.1) is 0 Å². The Hall–Kier alpha value is -2.17. The van der Waals surface area contributed by atoms with Gasteiger partial charge in [0, 0.05) is 19.0 Å². The molecular weight excluding hydrogens is 242 g/mol. The Morgan fingerprint density at radius 1 is 1.37 bits per heavy atom. The standard InChI is InChI=1S/C14H15N3O2/c1-17-9-15-16-14(17)8-19-11-6-5-10-3-2-4-13(18)12(10)7-11/h5-7,9H,2-4,8H2,1H3. The SMILES string of the molecule is Cn1cnnc1COc1ccc2c(c1)C(=O)CCC2. The van der Waals surface area contributed by atoms with Crippen LogP contribution in [0.25, 0.3) is 0 Å². The molecule has 0 saturated heterocycles. The van der Waals surface area contributed by atoms with Gasteiger partial charge in [0.1, 0.15) is 18.7 Å². The lowest BCUT2D eigenvalue weighted by Gasteiger charge is -2.15. The van der Waals surface area contributed by atoms with Crippen LogP contribution in [0.15, 0.2) is 24.5 Å². The second-order valence-corrected chi connectivity index (χ2v) is 4.74. The molecule has 0 fully saturated rings. The Morgan fingerprint density at radius 2 is 2.26 bits per heavy atom. The molecule has 0 N–H and O–H groups in total. The fourth-order valence-electron chi connectivity index (χ4n) is 2.28. The molecule has 1 aliphatic rings. The fraction of sp³-hybridized carbons (Fsp3) is 0.357. The van der Waals surface area contributed by atoms with Crippen LogP contribution in [0, 0.1) is 0 Å². The first-order valence-corrected chi connectivity index (χ1v) is 6.36. The number of hydrogen-bond donors (Lipinski definition) is 0. The molecular formula is C14H15N3O2. The lowest BCUT2D eigenvalue weighted by Crippen LogP contribution is -2.11. The number of rotatable bonds is 3. The summed E-state index contributed by atoms with van der Waals surface area (Å²) in [5, 5.41) is 7.75. The first kappa shape index (κ1) is 11.9. The number of aromatic nitrogens is 3. The van der Waals surface area contributed by atoms with Gasteiger partial charge in [-0.1, -0.05) is 6.07 Å². The van der Waals surface area contributed by atoms with Crippen molar-refractivity contribution in [1.29, 1.82) is 0 Å². The largest absolute Gasteiger partial charge is 0.486 e. The van der Waals surface area contributed by atoms with Crippen molar-refractivity contribution in [3.05, 3.63) is 41.5 Å². The molecule has 1 aliphatic carbocycles. The Kier molecular flexibility index (Phi) is 3.03. The lowest BCUT2D eigenvalue weighted by atomic mass is 9.90. The van der Waals surface area contributed by atoms with Gasteiger partial charge < -0.3 is 9.30 Å². The van der Waals surface area contributed by atoms with Crippen molar-refractivity contribution in [3.63, 3.8) is 0 Å². The summed E-state index contributed by atoms with van der Waals surface area (Å²) < 4.78 is 7.48. The highest BCUT2D eigenvalue weighted by Gasteiger charge is 2.17. The molecule has 1 aromatic carbocycles. The van der Waals surface area contributed by atoms with Crippen molar-refractivity contribution in [2.75, 3.05) is 0 Å². The van der Waals surface area contributed by atoms with Gasteiger partial charge in [0.25, 0.3) is 0 Å². The van der Waals surface area contributed by atoms with E-state index in [0.717, 1.165) is 29.8 Å². The van der Waals surface area contributed by atoms with Crippen molar-refractivity contribution >= 4 is 5.78 Å². The number of benzene rings is 1. The van der Waals surface area contributed by atoms with Crippen LogP contribution in [0.2, 0.25) is 0 Å². The molecule has 0 radical (unpaired) electrons. The number of ketones is 1. The van der Waals surface area contributed by atoms with Crippen molar-refractivity contribution < 1.29 is 9.53 Å². The highest BCUT2D eigenvalue weighted by molar-refractivity contribution is 5.98. The maximum Gasteiger partial charge on any atom is 0.170 e. The number of carbonyl (C=O) groups is 1. The molecule has 0 unspecified atom stereocenters. The molecule has 0 bridgehead atoms. The Morgan fingerprint density at radius 3 is 3.05 bits per heavy atom. The Bertz CT molecular complexity index is 619. The molecule has 0 saturated carbocycles. The third-order valence-electron chi connectivity index (χ3n) is 3.40. The second kappa shape index (κ2) is 4.84. The monoisotopic (exact) mass is 257 g/mol. The van der Waals surface area contributed by atoms with Crippen LogP contribution < -0.4 is 4.74 Å². The van der Waals surface area contributed by atoms with Gasteiger partial charge in [0.15, 0.2) is 11.6 Å². The Balaban J connectivity index is 1.77. The molecule has 1 heterocycles. The highest BCUT2D eigenvalue weighted by Crippen LogP contribution is 2.25. The maximum atomic E-state index is 11.8. The van der Waals surface area contributed by atoms with Gasteiger partial charge in [0.2, 0.25) is 0 Å². The minimum Gasteiger partial charge on any atom is -0.486 e. The van der Waals surface area contributed by atoms with E-state index >= 15 is 0 Å². The predicted molar refractivity (Wildman–Crippen MR) is 69.0 cm³/mol. The zero-order chi connectivity index (χ0) is 13.2. The lowest BCUT2D eigenvalue weighted by molar-refractivity contribution is 0.0972. The average molecular weight is 257 g/mol. The smallest absolute Gasteiger partial charge is 0.170 e. The van der Waals surface area contributed by atoms with Crippen LogP contribution in [0.4, 0.5) is 0 Å². The third kappa shape index (κ3) is 2.36. The minimum absolute atomic E-state index is 0.213. The van der Waals surface area contributed by atoms with E-state index in [4.69, 9.17) is 4.74 Å². The van der Waals surface area contributed by atoms with Crippen LogP contribution in [0.5, 0.6) is 5.75 Å². The molecule has 2 aromatic rings. The number of ether oxygens (including phenoxy) is 1. The average Bonchev–Trinajstić information content (AvgIpc) is 2.83. The molecule has 3 rings (SSSR count). The number of aryl methyl sites for hydroxylation is 2. The predicted octanol–water partition coefficient (Wildman–Crippen LogP) is 1.91. The summed E-state index contributed by atoms with van der Waals surface area (Å²) in [6.45, 7) is 0.351. The zero-order valence-corrected chi connectivity index (χ0v) is 10.8. The van der Waals surface area contributed by atoms with E-state index < -0.39 is 0 Å². The molecule has 0 amide bonds. The zero-order valence-electron chi connectivity index (χ0n) is 10.8. The number of Topliss-reactive ketones (excluding diaryl/α,β-unsaturated/α-hetero) is 1. The summed E-state index contributed by atoms with van der Waals surface area (Å²) >= 11 is 0. The quantitative estimate of drug-likeness (QED) is 0.842. The summed E-state index contributed by atoms with van der Waals surface area (Å²) in [5.74, 6) is 1.67. The number of hydrogen-bond acceptors (Lipinski definition) is 4. The first-order chi connectivity index (χ1) is 9.24. The van der Waals surface area contributed by atoms with Crippen LogP contribution >= 0.6 is 0 Å². The van der Waals surface area contributed by atoms with Crippen LogP contribution in [0.3, 0.4) is 0 Å². The third-order valence-corrected chi connectivity index (χ3v) is 3.40. The van der Waals surface area contributed by atoms with Crippen LogP contribution in [-0.4, -0.2) is 20.5 Å². The summed E-state index contributed by atoms with van der Waals surface area (Å²) in [5.41, 5.74) is 1.93. The number of carbonyl (C=O) groups excluding carboxylic acids is 1. The van der Waals surface area contributed by atoms with Gasteiger partial charge in [-0.05, 0) is 30.5 Å². The van der Waals surface area contributed by atoms with E-state index in [1.807, 2.05) is 29.8 Å². The molecule has 0 aliphatic heterocycles. The normalized spacial score (nSPS) is 14.3. The second-order valence-electron chi connectivity index (χ2n) is 4.74. The van der Waals surface area contributed by atoms with Gasteiger partial charge >= 0.3 is 0 Å². The van der Waals surface area contributed by atoms with E-state index in [1.165, 1.54) is 0 Å². The maximum absolute atomic E-state index is 11.8.